The van der Waals surface area contributed by atoms with E-state index in [0.717, 1.165) is 0 Å². The van der Waals surface area contributed by atoms with E-state index in [9.17, 15) is 18.0 Å². The van der Waals surface area contributed by atoms with E-state index in [0.29, 0.717) is 4.31 Å². The summed E-state index contributed by atoms with van der Waals surface area (Å²) in [6.07, 6.45) is 0. The van der Waals surface area contributed by atoms with Gasteiger partial charge in [-0.05, 0) is 0 Å². The van der Waals surface area contributed by atoms with Crippen LogP contribution in [0.5, 0.6) is 0 Å². The van der Waals surface area contributed by atoms with Crippen molar-refractivity contribution < 1.29 is 18.0 Å². The van der Waals surface area contributed by atoms with Gasteiger partial charge in [-0.15, -0.1) is 0 Å². The molecule has 0 unspecified atom stereocenters. The van der Waals surface area contributed by atoms with Gasteiger partial charge < -0.3 is 0 Å². The first-order valence-corrected chi connectivity index (χ1v) is 5.24. The highest BCUT2D eigenvalue weighted by Crippen LogP contribution is 2.03. The molecule has 0 atom stereocenters. The SMILES string of the molecule is N#CCS(=O)(=O)N1CC(=O)NC(=O)C1. The maximum Gasteiger partial charge on any atom is 0.241 e. The largest absolute Gasteiger partial charge is 0.294 e. The lowest BCUT2D eigenvalue weighted by molar-refractivity contribution is -0.134. The fraction of sp³-hybridized carbons (Fsp3) is 0.500. The Balaban J connectivity index is 2.84. The second-order valence-corrected chi connectivity index (χ2v) is 4.62. The Labute approximate surface area is 80.3 Å². The van der Waals surface area contributed by atoms with E-state index < -0.39 is 40.7 Å². The van der Waals surface area contributed by atoms with Gasteiger partial charge in [-0.1, -0.05) is 0 Å². The summed E-state index contributed by atoms with van der Waals surface area (Å²) < 4.78 is 23.2. The number of hydrogen-bond donors (Lipinski definition) is 1. The minimum absolute atomic E-state index is 0.407. The Hall–Kier alpha value is -1.46. The van der Waals surface area contributed by atoms with Crippen molar-refractivity contribution in [2.45, 2.75) is 0 Å². The number of nitriles is 1. The van der Waals surface area contributed by atoms with Gasteiger partial charge >= 0.3 is 0 Å². The summed E-state index contributed by atoms with van der Waals surface area (Å²) in [7, 11) is -3.81. The Bertz CT molecular complexity index is 391. The molecule has 76 valence electrons. The summed E-state index contributed by atoms with van der Waals surface area (Å²) in [5.41, 5.74) is 0. The number of piperazine rings is 1. The number of nitrogens with zero attached hydrogens (tertiary/aromatic N) is 2. The molecule has 8 heteroatoms. The zero-order chi connectivity index (χ0) is 10.8. The molecule has 1 N–H and O–H groups in total. The van der Waals surface area contributed by atoms with Crippen molar-refractivity contribution >= 4 is 21.8 Å². The van der Waals surface area contributed by atoms with E-state index in [4.69, 9.17) is 5.26 Å². The Morgan fingerprint density at radius 3 is 2.29 bits per heavy atom. The molecule has 1 aliphatic rings. The van der Waals surface area contributed by atoms with Crippen molar-refractivity contribution in [2.24, 2.45) is 0 Å². The summed E-state index contributed by atoms with van der Waals surface area (Å²) in [6.45, 7) is -0.814. The lowest BCUT2D eigenvalue weighted by atomic mass is 10.4. The predicted octanol–water partition coefficient (Wildman–Crippen LogP) is -2.20. The fourth-order valence-corrected chi connectivity index (χ4v) is 1.95. The normalized spacial score (nSPS) is 18.8. The third-order valence-electron chi connectivity index (χ3n) is 1.56. The van der Waals surface area contributed by atoms with Crippen LogP contribution in [0, 0.1) is 11.3 Å². The van der Waals surface area contributed by atoms with E-state index in [2.05, 4.69) is 0 Å². The lowest BCUT2D eigenvalue weighted by Gasteiger charge is -2.23. The molecular weight excluding hydrogens is 210 g/mol. The second-order valence-electron chi connectivity index (χ2n) is 2.65. The van der Waals surface area contributed by atoms with E-state index in [-0.39, 0.29) is 0 Å². The Morgan fingerprint density at radius 1 is 1.36 bits per heavy atom. The van der Waals surface area contributed by atoms with E-state index in [1.165, 1.54) is 6.07 Å². The first-order valence-electron chi connectivity index (χ1n) is 3.63. The lowest BCUT2D eigenvalue weighted by Crippen LogP contribution is -2.53. The maximum absolute atomic E-state index is 11.2. The smallest absolute Gasteiger partial charge is 0.241 e. The molecule has 0 aromatic carbocycles. The quantitative estimate of drug-likeness (QED) is 0.528. The van der Waals surface area contributed by atoms with Crippen molar-refractivity contribution in [3.8, 4) is 6.07 Å². The van der Waals surface area contributed by atoms with Gasteiger partial charge in [0.2, 0.25) is 21.8 Å². The number of imide groups is 1. The second kappa shape index (κ2) is 3.73. The number of carbonyl (C=O) groups excluding carboxylic acids is 2. The Kier molecular flexibility index (Phi) is 2.83. The van der Waals surface area contributed by atoms with Gasteiger partial charge in [0.1, 0.15) is 0 Å². The molecule has 0 aromatic rings. The third kappa shape index (κ3) is 2.27. The van der Waals surface area contributed by atoms with Crippen LogP contribution >= 0.6 is 0 Å². The molecule has 0 aliphatic carbocycles. The number of rotatable bonds is 2. The molecule has 1 aliphatic heterocycles. The van der Waals surface area contributed by atoms with Gasteiger partial charge in [-0.2, -0.15) is 9.57 Å². The fourth-order valence-electron chi connectivity index (χ4n) is 0.980. The molecule has 0 bridgehead atoms. The van der Waals surface area contributed by atoms with E-state index in [1.54, 1.807) is 0 Å². The van der Waals surface area contributed by atoms with Crippen molar-refractivity contribution in [2.75, 3.05) is 18.8 Å². The van der Waals surface area contributed by atoms with Gasteiger partial charge in [0.25, 0.3) is 0 Å². The standard InChI is InChI=1S/C6H7N3O4S/c7-1-2-14(12,13)9-3-5(10)8-6(11)4-9/h2-4H2,(H,8,10,11). The summed E-state index contributed by atoms with van der Waals surface area (Å²) in [6, 6.07) is 1.46. The number of carbonyl (C=O) groups is 2. The topological polar surface area (TPSA) is 107 Å². The number of sulfonamides is 1. The van der Waals surface area contributed by atoms with Crippen LogP contribution in [0.1, 0.15) is 0 Å². The van der Waals surface area contributed by atoms with E-state index in [1.807, 2.05) is 5.32 Å². The first-order chi connectivity index (χ1) is 6.45. The average Bonchev–Trinajstić information content (AvgIpc) is 2.02. The van der Waals surface area contributed by atoms with Crippen LogP contribution in [0.25, 0.3) is 0 Å². The molecule has 0 aromatic heterocycles. The zero-order valence-electron chi connectivity index (χ0n) is 7.06. The minimum Gasteiger partial charge on any atom is -0.294 e. The summed E-state index contributed by atoms with van der Waals surface area (Å²) in [4.78, 5) is 21.6. The zero-order valence-corrected chi connectivity index (χ0v) is 7.87. The molecule has 0 radical (unpaired) electrons. The molecule has 1 heterocycles. The van der Waals surface area contributed by atoms with Crippen molar-refractivity contribution in [1.82, 2.24) is 9.62 Å². The Morgan fingerprint density at radius 2 is 1.86 bits per heavy atom. The molecule has 0 saturated carbocycles. The van der Waals surface area contributed by atoms with Crippen LogP contribution in [0.3, 0.4) is 0 Å². The molecule has 1 saturated heterocycles. The van der Waals surface area contributed by atoms with Gasteiger partial charge in [0, 0.05) is 0 Å². The highest BCUT2D eigenvalue weighted by atomic mass is 32.2. The molecule has 0 spiro atoms. The molecule has 2 amide bonds. The summed E-state index contributed by atoms with van der Waals surface area (Å²) in [5, 5.41) is 10.2. The van der Waals surface area contributed by atoms with Crippen LogP contribution in [0.4, 0.5) is 0 Å². The summed E-state index contributed by atoms with van der Waals surface area (Å²) in [5.74, 6) is -2.08. The minimum atomic E-state index is -3.81. The van der Waals surface area contributed by atoms with Crippen LogP contribution in [0.2, 0.25) is 0 Å². The van der Waals surface area contributed by atoms with Gasteiger partial charge in [0.15, 0.2) is 5.75 Å². The first kappa shape index (κ1) is 10.6. The van der Waals surface area contributed by atoms with Crippen molar-refractivity contribution in [3.05, 3.63) is 0 Å². The van der Waals surface area contributed by atoms with Crippen LogP contribution in [-0.4, -0.2) is 43.4 Å². The third-order valence-corrected chi connectivity index (χ3v) is 3.10. The molecule has 7 nitrogen and oxygen atoms in total. The average molecular weight is 217 g/mol. The summed E-state index contributed by atoms with van der Waals surface area (Å²) >= 11 is 0. The predicted molar refractivity (Wildman–Crippen MR) is 44.1 cm³/mol. The van der Waals surface area contributed by atoms with E-state index >= 15 is 0 Å². The van der Waals surface area contributed by atoms with Crippen LogP contribution < -0.4 is 5.32 Å². The molecule has 1 fully saturated rings. The van der Waals surface area contributed by atoms with Crippen molar-refractivity contribution in [3.63, 3.8) is 0 Å². The van der Waals surface area contributed by atoms with Crippen LogP contribution in [0.15, 0.2) is 0 Å². The highest BCUT2D eigenvalue weighted by molar-refractivity contribution is 7.89. The number of hydrogen-bond acceptors (Lipinski definition) is 5. The van der Waals surface area contributed by atoms with Crippen molar-refractivity contribution in [1.29, 1.82) is 5.26 Å². The van der Waals surface area contributed by atoms with Gasteiger partial charge in [0.05, 0.1) is 19.2 Å². The van der Waals surface area contributed by atoms with Gasteiger partial charge in [-0.25, -0.2) is 8.42 Å². The molecule has 14 heavy (non-hydrogen) atoms. The molecule has 1 rings (SSSR count). The number of amides is 2. The maximum atomic E-state index is 11.2. The van der Waals surface area contributed by atoms with Crippen LogP contribution in [-0.2, 0) is 19.6 Å². The number of nitrogens with one attached hydrogen (secondary N) is 1. The molecular formula is C6H7N3O4S. The van der Waals surface area contributed by atoms with Gasteiger partial charge in [-0.3, -0.25) is 14.9 Å². The highest BCUT2D eigenvalue weighted by Gasteiger charge is 2.31. The monoisotopic (exact) mass is 217 g/mol.